The molecule has 29 heavy (non-hydrogen) atoms. The second-order valence-electron chi connectivity index (χ2n) is 7.97. The standard InChI is InChI=1S/C23H27ClN2O3/c24-18-7-5-16(6-8-18)13-26-20-9-10-21(26)12-19(11-20)25-23(28)15-29-22-4-2-1-3-17(22)14-27/h1-8,19-21,27H,9-15H2,(H,25,28)/t19-,20+,21-. The zero-order valence-electron chi connectivity index (χ0n) is 16.4. The topological polar surface area (TPSA) is 61.8 Å². The smallest absolute Gasteiger partial charge is 0.258 e. The van der Waals surface area contributed by atoms with Crippen molar-refractivity contribution in [2.24, 2.45) is 0 Å². The van der Waals surface area contributed by atoms with Gasteiger partial charge in [0.2, 0.25) is 0 Å². The molecule has 1 amide bonds. The SMILES string of the molecule is O=C(COc1ccccc1CO)N[C@H]1C[C@H]2CC[C@@H](C1)N2Cc1ccc(Cl)cc1. The molecule has 154 valence electrons. The molecule has 2 aliphatic heterocycles. The van der Waals surface area contributed by atoms with Gasteiger partial charge in [0.05, 0.1) is 6.61 Å². The summed E-state index contributed by atoms with van der Waals surface area (Å²) in [5.41, 5.74) is 1.97. The maximum atomic E-state index is 12.4. The minimum atomic E-state index is -0.104. The molecule has 0 aliphatic carbocycles. The highest BCUT2D eigenvalue weighted by atomic mass is 35.5. The largest absolute Gasteiger partial charge is 0.483 e. The number of aliphatic hydroxyl groups excluding tert-OH is 1. The molecule has 2 aliphatic rings. The van der Waals surface area contributed by atoms with Gasteiger partial charge < -0.3 is 15.2 Å². The molecule has 0 spiro atoms. The number of carbonyl (C=O) groups excluding carboxylic acids is 1. The van der Waals surface area contributed by atoms with Crippen LogP contribution in [0.5, 0.6) is 5.75 Å². The summed E-state index contributed by atoms with van der Waals surface area (Å²) in [7, 11) is 0. The molecule has 2 aromatic carbocycles. The minimum absolute atomic E-state index is 0.0304. The Hall–Kier alpha value is -2.08. The third kappa shape index (κ3) is 4.92. The summed E-state index contributed by atoms with van der Waals surface area (Å²) in [5, 5.41) is 13.3. The normalized spacial score (nSPS) is 23.7. The lowest BCUT2D eigenvalue weighted by molar-refractivity contribution is -0.124. The van der Waals surface area contributed by atoms with Crippen molar-refractivity contribution in [3.8, 4) is 5.75 Å². The molecule has 2 saturated heterocycles. The number of fused-ring (bicyclic) bond motifs is 2. The first-order valence-electron chi connectivity index (χ1n) is 10.2. The second-order valence-corrected chi connectivity index (χ2v) is 8.41. The number of halogens is 1. The molecule has 6 heteroatoms. The lowest BCUT2D eigenvalue weighted by atomic mass is 9.96. The summed E-state index contributed by atoms with van der Waals surface area (Å²) < 4.78 is 5.62. The van der Waals surface area contributed by atoms with Gasteiger partial charge in [-0.15, -0.1) is 0 Å². The number of ether oxygens (including phenoxy) is 1. The summed E-state index contributed by atoms with van der Waals surface area (Å²) in [6.45, 7) is 0.804. The predicted octanol–water partition coefficient (Wildman–Crippen LogP) is 3.52. The van der Waals surface area contributed by atoms with E-state index in [1.165, 1.54) is 18.4 Å². The Labute approximate surface area is 176 Å². The number of para-hydroxylation sites is 1. The fourth-order valence-corrected chi connectivity index (χ4v) is 4.76. The summed E-state index contributed by atoms with van der Waals surface area (Å²) in [5.74, 6) is 0.455. The molecule has 0 saturated carbocycles. The summed E-state index contributed by atoms with van der Waals surface area (Å²) in [4.78, 5) is 15.0. The maximum Gasteiger partial charge on any atom is 0.258 e. The lowest BCUT2D eigenvalue weighted by Crippen LogP contribution is -2.50. The van der Waals surface area contributed by atoms with E-state index in [0.29, 0.717) is 23.4 Å². The van der Waals surface area contributed by atoms with Gasteiger partial charge >= 0.3 is 0 Å². The number of aliphatic hydroxyl groups is 1. The molecule has 0 aromatic heterocycles. The summed E-state index contributed by atoms with van der Waals surface area (Å²) in [6.07, 6.45) is 4.32. The number of nitrogens with one attached hydrogen (secondary N) is 1. The highest BCUT2D eigenvalue weighted by molar-refractivity contribution is 6.30. The zero-order valence-corrected chi connectivity index (χ0v) is 17.1. The predicted molar refractivity (Wildman–Crippen MR) is 113 cm³/mol. The van der Waals surface area contributed by atoms with E-state index in [1.807, 2.05) is 24.3 Å². The van der Waals surface area contributed by atoms with Crippen LogP contribution in [0.1, 0.15) is 36.8 Å². The number of rotatable bonds is 7. The van der Waals surface area contributed by atoms with E-state index in [0.717, 1.165) is 24.4 Å². The van der Waals surface area contributed by atoms with Crippen LogP contribution in [0.4, 0.5) is 0 Å². The van der Waals surface area contributed by atoms with Crippen LogP contribution in [0.2, 0.25) is 5.02 Å². The van der Waals surface area contributed by atoms with Crippen molar-refractivity contribution in [3.05, 3.63) is 64.7 Å². The zero-order chi connectivity index (χ0) is 20.2. The van der Waals surface area contributed by atoms with E-state index in [4.69, 9.17) is 16.3 Å². The van der Waals surface area contributed by atoms with Gasteiger partial charge in [-0.1, -0.05) is 41.9 Å². The highest BCUT2D eigenvalue weighted by Crippen LogP contribution is 2.37. The minimum Gasteiger partial charge on any atom is -0.483 e. The Morgan fingerprint density at radius 3 is 2.48 bits per heavy atom. The van der Waals surface area contributed by atoms with E-state index in [2.05, 4.69) is 22.3 Å². The van der Waals surface area contributed by atoms with Crippen LogP contribution in [0.15, 0.2) is 48.5 Å². The second kappa shape index (κ2) is 9.16. The van der Waals surface area contributed by atoms with Crippen molar-refractivity contribution in [1.29, 1.82) is 0 Å². The lowest BCUT2D eigenvalue weighted by Gasteiger charge is -2.39. The van der Waals surface area contributed by atoms with E-state index < -0.39 is 0 Å². The van der Waals surface area contributed by atoms with E-state index >= 15 is 0 Å². The van der Waals surface area contributed by atoms with Crippen LogP contribution in [0, 0.1) is 0 Å². The third-order valence-electron chi connectivity index (χ3n) is 6.03. The first kappa shape index (κ1) is 20.2. The molecule has 5 nitrogen and oxygen atoms in total. The van der Waals surface area contributed by atoms with E-state index in [1.54, 1.807) is 12.1 Å². The fourth-order valence-electron chi connectivity index (χ4n) is 4.64. The summed E-state index contributed by atoms with van der Waals surface area (Å²) in [6, 6.07) is 16.5. The number of nitrogens with zero attached hydrogens (tertiary/aromatic N) is 1. The van der Waals surface area contributed by atoms with E-state index in [9.17, 15) is 9.90 Å². The van der Waals surface area contributed by atoms with Gasteiger partial charge in [-0.3, -0.25) is 9.69 Å². The number of carbonyl (C=O) groups is 1. The molecule has 2 aromatic rings. The Kier molecular flexibility index (Phi) is 6.38. The van der Waals surface area contributed by atoms with Gasteiger partial charge in [-0.2, -0.15) is 0 Å². The molecular formula is C23H27ClN2O3. The molecular weight excluding hydrogens is 388 g/mol. The first-order valence-corrected chi connectivity index (χ1v) is 10.6. The molecule has 2 fully saturated rings. The number of piperidine rings is 1. The van der Waals surface area contributed by atoms with Gasteiger partial charge in [0.1, 0.15) is 5.75 Å². The average Bonchev–Trinajstić information content (AvgIpc) is 2.96. The van der Waals surface area contributed by atoms with Gasteiger partial charge in [0.15, 0.2) is 6.61 Å². The van der Waals surface area contributed by atoms with Crippen LogP contribution in [-0.2, 0) is 17.9 Å². The van der Waals surface area contributed by atoms with Gasteiger partial charge in [-0.05, 0) is 49.4 Å². The quantitative estimate of drug-likeness (QED) is 0.727. The number of benzene rings is 2. The molecule has 3 atom stereocenters. The van der Waals surface area contributed by atoms with Crippen molar-refractivity contribution in [3.63, 3.8) is 0 Å². The van der Waals surface area contributed by atoms with E-state index in [-0.39, 0.29) is 25.2 Å². The Bertz CT molecular complexity index is 828. The van der Waals surface area contributed by atoms with Crippen molar-refractivity contribution < 1.29 is 14.6 Å². The van der Waals surface area contributed by atoms with Crippen LogP contribution in [-0.4, -0.2) is 40.6 Å². The number of hydrogen-bond donors (Lipinski definition) is 2. The van der Waals surface area contributed by atoms with Gasteiger partial charge in [0, 0.05) is 35.3 Å². The third-order valence-corrected chi connectivity index (χ3v) is 6.28. The average molecular weight is 415 g/mol. The van der Waals surface area contributed by atoms with Crippen LogP contribution in [0.25, 0.3) is 0 Å². The molecule has 4 rings (SSSR count). The van der Waals surface area contributed by atoms with Crippen molar-refractivity contribution in [2.45, 2.75) is 57.0 Å². The van der Waals surface area contributed by atoms with Crippen molar-refractivity contribution in [2.75, 3.05) is 6.61 Å². The van der Waals surface area contributed by atoms with Gasteiger partial charge in [-0.25, -0.2) is 0 Å². The summed E-state index contributed by atoms with van der Waals surface area (Å²) >= 11 is 6.00. The van der Waals surface area contributed by atoms with Crippen LogP contribution >= 0.6 is 11.6 Å². The van der Waals surface area contributed by atoms with Crippen molar-refractivity contribution in [1.82, 2.24) is 10.2 Å². The number of amides is 1. The number of hydrogen-bond acceptors (Lipinski definition) is 4. The molecule has 2 heterocycles. The fraction of sp³-hybridized carbons (Fsp3) is 0.435. The Morgan fingerprint density at radius 2 is 1.79 bits per heavy atom. The monoisotopic (exact) mass is 414 g/mol. The molecule has 2 bridgehead atoms. The molecule has 2 N–H and O–H groups in total. The Balaban J connectivity index is 1.28. The van der Waals surface area contributed by atoms with Crippen LogP contribution in [0.3, 0.4) is 0 Å². The van der Waals surface area contributed by atoms with Gasteiger partial charge in [0.25, 0.3) is 5.91 Å². The first-order chi connectivity index (χ1) is 14.1. The Morgan fingerprint density at radius 1 is 1.10 bits per heavy atom. The highest BCUT2D eigenvalue weighted by Gasteiger charge is 2.40. The van der Waals surface area contributed by atoms with Crippen LogP contribution < -0.4 is 10.1 Å². The van der Waals surface area contributed by atoms with Crippen molar-refractivity contribution >= 4 is 17.5 Å². The maximum absolute atomic E-state index is 12.4. The molecule has 0 unspecified atom stereocenters. The molecule has 0 radical (unpaired) electrons.